The van der Waals surface area contributed by atoms with Crippen LogP contribution in [0.2, 0.25) is 0 Å². The van der Waals surface area contributed by atoms with Crippen molar-refractivity contribution in [1.29, 1.82) is 0 Å². The highest BCUT2D eigenvalue weighted by Crippen LogP contribution is 2.21. The second-order valence-electron chi connectivity index (χ2n) is 3.69. The van der Waals surface area contributed by atoms with Gasteiger partial charge < -0.3 is 9.47 Å². The van der Waals surface area contributed by atoms with E-state index in [4.69, 9.17) is 4.74 Å². The van der Waals surface area contributed by atoms with Crippen molar-refractivity contribution in [1.82, 2.24) is 0 Å². The van der Waals surface area contributed by atoms with Crippen molar-refractivity contribution in [3.63, 3.8) is 0 Å². The van der Waals surface area contributed by atoms with Crippen molar-refractivity contribution in [2.75, 3.05) is 7.11 Å². The summed E-state index contributed by atoms with van der Waals surface area (Å²) in [6.07, 6.45) is 1.10. The number of carbonyl (C=O) groups is 1. The second-order valence-corrected chi connectivity index (χ2v) is 3.69. The second kappa shape index (κ2) is 4.45. The SMILES string of the molecule is COC(=O)CC1Cc2ccccc2CO1. The molecule has 0 aliphatic carbocycles. The summed E-state index contributed by atoms with van der Waals surface area (Å²) < 4.78 is 10.2. The van der Waals surface area contributed by atoms with Gasteiger partial charge in [-0.05, 0) is 17.5 Å². The maximum atomic E-state index is 11.1. The molecule has 0 saturated carbocycles. The number of methoxy groups -OCH3 is 1. The molecule has 1 atom stereocenters. The van der Waals surface area contributed by atoms with Gasteiger partial charge in [-0.2, -0.15) is 0 Å². The molecule has 1 aliphatic rings. The molecule has 0 fully saturated rings. The molecule has 1 aromatic carbocycles. The quantitative estimate of drug-likeness (QED) is 0.691. The third-order valence-corrected chi connectivity index (χ3v) is 2.66. The molecule has 0 radical (unpaired) electrons. The van der Waals surface area contributed by atoms with Crippen molar-refractivity contribution < 1.29 is 14.3 Å². The van der Waals surface area contributed by atoms with Crippen LogP contribution in [0.15, 0.2) is 24.3 Å². The zero-order valence-electron chi connectivity index (χ0n) is 8.73. The van der Waals surface area contributed by atoms with Crippen LogP contribution in [0.4, 0.5) is 0 Å². The van der Waals surface area contributed by atoms with Gasteiger partial charge in [0.1, 0.15) is 0 Å². The molecule has 1 heterocycles. The number of fused-ring (bicyclic) bond motifs is 1. The third kappa shape index (κ3) is 2.36. The molecule has 0 saturated heterocycles. The number of ether oxygens (including phenoxy) is 2. The van der Waals surface area contributed by atoms with Crippen LogP contribution in [-0.4, -0.2) is 19.2 Å². The van der Waals surface area contributed by atoms with Gasteiger partial charge >= 0.3 is 5.97 Å². The summed E-state index contributed by atoms with van der Waals surface area (Å²) in [5.41, 5.74) is 2.50. The van der Waals surface area contributed by atoms with Crippen LogP contribution < -0.4 is 0 Å². The van der Waals surface area contributed by atoms with Gasteiger partial charge in [0.25, 0.3) is 0 Å². The van der Waals surface area contributed by atoms with E-state index >= 15 is 0 Å². The summed E-state index contributed by atoms with van der Waals surface area (Å²) >= 11 is 0. The Balaban J connectivity index is 2.02. The average Bonchev–Trinajstić information content (AvgIpc) is 2.29. The molecular formula is C12H14O3. The minimum Gasteiger partial charge on any atom is -0.469 e. The monoisotopic (exact) mass is 206 g/mol. The van der Waals surface area contributed by atoms with E-state index in [0.717, 1.165) is 6.42 Å². The first kappa shape index (κ1) is 10.2. The van der Waals surface area contributed by atoms with Crippen molar-refractivity contribution in [3.8, 4) is 0 Å². The first-order chi connectivity index (χ1) is 7.29. The predicted molar refractivity (Wildman–Crippen MR) is 55.4 cm³/mol. The number of hydrogen-bond donors (Lipinski definition) is 0. The normalized spacial score (nSPS) is 19.4. The standard InChI is InChI=1S/C12H14O3/c1-14-12(13)7-11-6-9-4-2-3-5-10(9)8-15-11/h2-5,11H,6-8H2,1H3. The van der Waals surface area contributed by atoms with E-state index in [-0.39, 0.29) is 12.1 Å². The van der Waals surface area contributed by atoms with E-state index in [9.17, 15) is 4.79 Å². The molecule has 0 bridgehead atoms. The largest absolute Gasteiger partial charge is 0.469 e. The number of hydrogen-bond acceptors (Lipinski definition) is 3. The highest BCUT2D eigenvalue weighted by atomic mass is 16.5. The highest BCUT2D eigenvalue weighted by molar-refractivity contribution is 5.69. The highest BCUT2D eigenvalue weighted by Gasteiger charge is 2.21. The smallest absolute Gasteiger partial charge is 0.308 e. The number of rotatable bonds is 2. The van der Waals surface area contributed by atoms with Gasteiger partial charge in [-0.1, -0.05) is 24.3 Å². The van der Waals surface area contributed by atoms with Gasteiger partial charge in [-0.15, -0.1) is 0 Å². The van der Waals surface area contributed by atoms with Gasteiger partial charge in [0.15, 0.2) is 0 Å². The van der Waals surface area contributed by atoms with E-state index in [1.54, 1.807) is 0 Å². The molecule has 1 aliphatic heterocycles. The summed E-state index contributed by atoms with van der Waals surface area (Å²) in [4.78, 5) is 11.1. The Morgan fingerprint density at radius 1 is 1.47 bits per heavy atom. The van der Waals surface area contributed by atoms with E-state index in [2.05, 4.69) is 16.9 Å². The van der Waals surface area contributed by atoms with Crippen LogP contribution in [0.1, 0.15) is 17.5 Å². The zero-order valence-corrected chi connectivity index (χ0v) is 8.73. The molecule has 1 aromatic rings. The zero-order chi connectivity index (χ0) is 10.7. The fourth-order valence-electron chi connectivity index (χ4n) is 1.81. The summed E-state index contributed by atoms with van der Waals surface area (Å²) in [5.74, 6) is -0.209. The molecule has 3 nitrogen and oxygen atoms in total. The average molecular weight is 206 g/mol. The van der Waals surface area contributed by atoms with Gasteiger partial charge in [-0.25, -0.2) is 0 Å². The lowest BCUT2D eigenvalue weighted by molar-refractivity contribution is -0.144. The Hall–Kier alpha value is -1.35. The number of benzene rings is 1. The molecular weight excluding hydrogens is 192 g/mol. The maximum absolute atomic E-state index is 11.1. The van der Waals surface area contributed by atoms with Crippen LogP contribution in [0.25, 0.3) is 0 Å². The van der Waals surface area contributed by atoms with Gasteiger partial charge in [0.2, 0.25) is 0 Å². The van der Waals surface area contributed by atoms with Crippen LogP contribution in [0, 0.1) is 0 Å². The molecule has 0 aromatic heterocycles. The maximum Gasteiger partial charge on any atom is 0.308 e. The van der Waals surface area contributed by atoms with E-state index in [1.807, 2.05) is 12.1 Å². The van der Waals surface area contributed by atoms with E-state index < -0.39 is 0 Å². The number of carbonyl (C=O) groups excluding carboxylic acids is 1. The molecule has 0 amide bonds. The fraction of sp³-hybridized carbons (Fsp3) is 0.417. The predicted octanol–water partition coefficient (Wildman–Crippen LogP) is 1.69. The van der Waals surface area contributed by atoms with E-state index in [1.165, 1.54) is 18.2 Å². The Labute approximate surface area is 89.0 Å². The lowest BCUT2D eigenvalue weighted by Gasteiger charge is -2.24. The Kier molecular flexibility index (Phi) is 3.02. The first-order valence-corrected chi connectivity index (χ1v) is 5.05. The summed E-state index contributed by atoms with van der Waals surface area (Å²) in [6.45, 7) is 0.595. The Bertz CT molecular complexity index is 360. The molecule has 3 heteroatoms. The minimum atomic E-state index is -0.209. The lowest BCUT2D eigenvalue weighted by atomic mass is 9.98. The molecule has 80 valence electrons. The Morgan fingerprint density at radius 2 is 2.20 bits per heavy atom. The van der Waals surface area contributed by atoms with Crippen LogP contribution in [-0.2, 0) is 27.3 Å². The molecule has 0 spiro atoms. The van der Waals surface area contributed by atoms with Crippen LogP contribution >= 0.6 is 0 Å². The summed E-state index contributed by atoms with van der Waals surface area (Å²) in [5, 5.41) is 0. The van der Waals surface area contributed by atoms with Crippen molar-refractivity contribution >= 4 is 5.97 Å². The molecule has 2 rings (SSSR count). The lowest BCUT2D eigenvalue weighted by Crippen LogP contribution is -2.25. The minimum absolute atomic E-state index is 0.0349. The van der Waals surface area contributed by atoms with E-state index in [0.29, 0.717) is 13.0 Å². The fourth-order valence-corrected chi connectivity index (χ4v) is 1.81. The van der Waals surface area contributed by atoms with Crippen LogP contribution in [0.5, 0.6) is 0 Å². The molecule has 0 N–H and O–H groups in total. The van der Waals surface area contributed by atoms with Gasteiger partial charge in [0, 0.05) is 0 Å². The van der Waals surface area contributed by atoms with Crippen molar-refractivity contribution in [2.24, 2.45) is 0 Å². The van der Waals surface area contributed by atoms with Crippen molar-refractivity contribution in [2.45, 2.75) is 25.6 Å². The summed E-state index contributed by atoms with van der Waals surface area (Å²) in [7, 11) is 1.40. The number of esters is 1. The Morgan fingerprint density at radius 3 is 2.93 bits per heavy atom. The van der Waals surface area contributed by atoms with Gasteiger partial charge in [0.05, 0.1) is 26.2 Å². The third-order valence-electron chi connectivity index (χ3n) is 2.66. The van der Waals surface area contributed by atoms with Gasteiger partial charge in [-0.3, -0.25) is 4.79 Å². The first-order valence-electron chi connectivity index (χ1n) is 5.05. The molecule has 1 unspecified atom stereocenters. The molecule has 15 heavy (non-hydrogen) atoms. The summed E-state index contributed by atoms with van der Waals surface area (Å²) in [6, 6.07) is 8.16. The van der Waals surface area contributed by atoms with Crippen molar-refractivity contribution in [3.05, 3.63) is 35.4 Å². The van der Waals surface area contributed by atoms with Crippen LogP contribution in [0.3, 0.4) is 0 Å². The topological polar surface area (TPSA) is 35.5 Å².